The van der Waals surface area contributed by atoms with Crippen molar-refractivity contribution in [3.63, 3.8) is 0 Å². The topological polar surface area (TPSA) is 72.3 Å². The fourth-order valence-electron chi connectivity index (χ4n) is 4.12. The highest BCUT2D eigenvalue weighted by Gasteiger charge is 2.32. The van der Waals surface area contributed by atoms with Gasteiger partial charge in [-0.05, 0) is 55.7 Å². The number of anilines is 1. The minimum absolute atomic E-state index is 0.0180. The number of nitrogens with zero attached hydrogens (tertiary/aromatic N) is 4. The molecule has 1 aliphatic carbocycles. The standard InChI is InChI=1S/C23H33N5O2S/c1-16(2)21(17-7-11-19(30-3)12-8-17)24-20(29)15-31-23-26-25-22(28(23)18-9-10-18)27-13-5-4-6-14-27/h7-8,11-12,16,18,21H,4-6,9-10,13-15H2,1-3H3,(H,24,29). The molecule has 2 heterocycles. The Balaban J connectivity index is 1.40. The predicted molar refractivity (Wildman–Crippen MR) is 124 cm³/mol. The largest absolute Gasteiger partial charge is 0.497 e. The van der Waals surface area contributed by atoms with Crippen molar-refractivity contribution in [3.8, 4) is 5.75 Å². The number of piperidine rings is 1. The van der Waals surface area contributed by atoms with E-state index in [2.05, 4.69) is 38.8 Å². The van der Waals surface area contributed by atoms with Gasteiger partial charge in [0, 0.05) is 19.1 Å². The predicted octanol–water partition coefficient (Wildman–Crippen LogP) is 4.22. The number of nitrogens with one attached hydrogen (secondary N) is 1. The van der Waals surface area contributed by atoms with Gasteiger partial charge in [-0.3, -0.25) is 9.36 Å². The zero-order valence-corrected chi connectivity index (χ0v) is 19.5. The summed E-state index contributed by atoms with van der Waals surface area (Å²) in [4.78, 5) is 15.2. The molecule has 4 rings (SSSR count). The number of ether oxygens (including phenoxy) is 1. The van der Waals surface area contributed by atoms with Crippen molar-refractivity contribution in [2.45, 2.75) is 63.2 Å². The van der Waals surface area contributed by atoms with E-state index < -0.39 is 0 Å². The van der Waals surface area contributed by atoms with Crippen molar-refractivity contribution < 1.29 is 9.53 Å². The molecular weight excluding hydrogens is 410 g/mol. The Kier molecular flexibility index (Phi) is 7.05. The van der Waals surface area contributed by atoms with Crippen LogP contribution in [0.15, 0.2) is 29.4 Å². The molecule has 1 aromatic carbocycles. The highest BCUT2D eigenvalue weighted by molar-refractivity contribution is 7.99. The molecule has 7 nitrogen and oxygen atoms in total. The maximum Gasteiger partial charge on any atom is 0.230 e. The van der Waals surface area contributed by atoms with E-state index in [9.17, 15) is 4.79 Å². The maximum atomic E-state index is 12.8. The van der Waals surface area contributed by atoms with E-state index in [0.29, 0.717) is 11.8 Å². The molecule has 168 valence electrons. The van der Waals surface area contributed by atoms with Crippen LogP contribution in [0.2, 0.25) is 0 Å². The van der Waals surface area contributed by atoms with Gasteiger partial charge in [0.1, 0.15) is 5.75 Å². The van der Waals surface area contributed by atoms with Gasteiger partial charge in [-0.1, -0.05) is 37.7 Å². The molecule has 0 spiro atoms. The Morgan fingerprint density at radius 1 is 1.16 bits per heavy atom. The lowest BCUT2D eigenvalue weighted by Gasteiger charge is -2.27. The van der Waals surface area contributed by atoms with Crippen LogP contribution in [0.1, 0.15) is 63.6 Å². The maximum absolute atomic E-state index is 12.8. The van der Waals surface area contributed by atoms with Gasteiger partial charge in [0.2, 0.25) is 11.9 Å². The summed E-state index contributed by atoms with van der Waals surface area (Å²) in [5.74, 6) is 2.44. The van der Waals surface area contributed by atoms with Crippen LogP contribution in [-0.4, -0.2) is 46.6 Å². The van der Waals surface area contributed by atoms with Gasteiger partial charge in [-0.25, -0.2) is 0 Å². The van der Waals surface area contributed by atoms with Crippen molar-refractivity contribution >= 4 is 23.6 Å². The van der Waals surface area contributed by atoms with Crippen molar-refractivity contribution in [3.05, 3.63) is 29.8 Å². The highest BCUT2D eigenvalue weighted by atomic mass is 32.2. The number of rotatable bonds is 9. The molecule has 31 heavy (non-hydrogen) atoms. The lowest BCUT2D eigenvalue weighted by molar-refractivity contribution is -0.119. The number of carbonyl (C=O) groups is 1. The minimum atomic E-state index is -0.0378. The molecule has 1 atom stereocenters. The Bertz CT molecular complexity index is 873. The lowest BCUT2D eigenvalue weighted by Crippen LogP contribution is -2.33. The Hall–Kier alpha value is -2.22. The molecule has 2 aromatic rings. The monoisotopic (exact) mass is 443 g/mol. The van der Waals surface area contributed by atoms with Crippen LogP contribution in [0.25, 0.3) is 0 Å². The van der Waals surface area contributed by atoms with E-state index in [1.165, 1.54) is 43.9 Å². The smallest absolute Gasteiger partial charge is 0.230 e. The van der Waals surface area contributed by atoms with Gasteiger partial charge < -0.3 is 15.0 Å². The Morgan fingerprint density at radius 2 is 1.87 bits per heavy atom. The molecule has 1 N–H and O–H groups in total. The van der Waals surface area contributed by atoms with Crippen molar-refractivity contribution in [1.82, 2.24) is 20.1 Å². The van der Waals surface area contributed by atoms with Crippen LogP contribution < -0.4 is 15.0 Å². The second kappa shape index (κ2) is 9.94. The van der Waals surface area contributed by atoms with Gasteiger partial charge in [0.25, 0.3) is 0 Å². The normalized spacial score (nSPS) is 17.6. The van der Waals surface area contributed by atoms with Crippen LogP contribution in [-0.2, 0) is 4.79 Å². The number of thioether (sulfide) groups is 1. The second-order valence-corrected chi connectivity index (χ2v) is 9.72. The van der Waals surface area contributed by atoms with Gasteiger partial charge in [-0.2, -0.15) is 0 Å². The van der Waals surface area contributed by atoms with Crippen LogP contribution in [0.5, 0.6) is 5.75 Å². The van der Waals surface area contributed by atoms with Crippen molar-refractivity contribution in [1.29, 1.82) is 0 Å². The van der Waals surface area contributed by atoms with Crippen LogP contribution in [0.3, 0.4) is 0 Å². The lowest BCUT2D eigenvalue weighted by atomic mass is 9.96. The van der Waals surface area contributed by atoms with E-state index >= 15 is 0 Å². The van der Waals surface area contributed by atoms with E-state index in [1.54, 1.807) is 7.11 Å². The number of hydrogen-bond donors (Lipinski definition) is 1. The van der Waals surface area contributed by atoms with Crippen molar-refractivity contribution in [2.75, 3.05) is 30.9 Å². The molecule has 8 heteroatoms. The van der Waals surface area contributed by atoms with E-state index in [0.717, 1.165) is 35.5 Å². The average molecular weight is 444 g/mol. The molecule has 1 saturated carbocycles. The molecule has 1 saturated heterocycles. The molecular formula is C23H33N5O2S. The summed E-state index contributed by atoms with van der Waals surface area (Å²) in [6.07, 6.45) is 6.06. The Labute approximate surface area is 188 Å². The fraction of sp³-hybridized carbons (Fsp3) is 0.609. The number of carbonyl (C=O) groups excluding carboxylic acids is 1. The summed E-state index contributed by atoms with van der Waals surface area (Å²) in [5.41, 5.74) is 1.09. The Morgan fingerprint density at radius 3 is 2.48 bits per heavy atom. The number of methoxy groups -OCH3 is 1. The second-order valence-electron chi connectivity index (χ2n) is 8.78. The highest BCUT2D eigenvalue weighted by Crippen LogP contribution is 2.41. The van der Waals surface area contributed by atoms with Gasteiger partial charge in [0.15, 0.2) is 5.16 Å². The molecule has 0 radical (unpaired) electrons. The van der Waals surface area contributed by atoms with Crippen LogP contribution in [0.4, 0.5) is 5.95 Å². The molecule has 1 unspecified atom stereocenters. The first-order valence-electron chi connectivity index (χ1n) is 11.3. The summed E-state index contributed by atoms with van der Waals surface area (Å²) in [6.45, 7) is 6.34. The third kappa shape index (κ3) is 5.34. The van der Waals surface area contributed by atoms with E-state index in [4.69, 9.17) is 4.74 Å². The van der Waals surface area contributed by atoms with E-state index in [1.807, 2.05) is 24.3 Å². The zero-order chi connectivity index (χ0) is 21.8. The summed E-state index contributed by atoms with van der Waals surface area (Å²) >= 11 is 1.49. The molecule has 1 aliphatic heterocycles. The number of benzene rings is 1. The van der Waals surface area contributed by atoms with Gasteiger partial charge in [-0.15, -0.1) is 10.2 Å². The molecule has 1 amide bonds. The average Bonchev–Trinajstić information content (AvgIpc) is 3.55. The minimum Gasteiger partial charge on any atom is -0.497 e. The van der Waals surface area contributed by atoms with Crippen LogP contribution >= 0.6 is 11.8 Å². The molecule has 2 aliphatic rings. The summed E-state index contributed by atoms with van der Waals surface area (Å²) in [7, 11) is 1.66. The number of hydrogen-bond acceptors (Lipinski definition) is 6. The third-order valence-corrected chi connectivity index (χ3v) is 6.93. The summed E-state index contributed by atoms with van der Waals surface area (Å²) in [5, 5.41) is 13.0. The third-order valence-electron chi connectivity index (χ3n) is 5.99. The van der Waals surface area contributed by atoms with Gasteiger partial charge in [0.05, 0.1) is 18.9 Å². The SMILES string of the molecule is COc1ccc(C(NC(=O)CSc2nnc(N3CCCCC3)n2C2CC2)C(C)C)cc1. The summed E-state index contributed by atoms with van der Waals surface area (Å²) in [6, 6.07) is 8.36. The quantitative estimate of drug-likeness (QED) is 0.585. The number of aromatic nitrogens is 3. The zero-order valence-electron chi connectivity index (χ0n) is 18.7. The van der Waals surface area contributed by atoms with Crippen molar-refractivity contribution in [2.24, 2.45) is 5.92 Å². The molecule has 1 aromatic heterocycles. The first kappa shape index (κ1) is 22.0. The first-order chi connectivity index (χ1) is 15.1. The molecule has 0 bridgehead atoms. The summed E-state index contributed by atoms with van der Waals surface area (Å²) < 4.78 is 7.52. The first-order valence-corrected chi connectivity index (χ1v) is 12.3. The fourth-order valence-corrected chi connectivity index (χ4v) is 4.93. The number of amides is 1. The van der Waals surface area contributed by atoms with Gasteiger partial charge >= 0.3 is 0 Å². The van der Waals surface area contributed by atoms with Crippen LogP contribution in [0, 0.1) is 5.92 Å². The molecule has 2 fully saturated rings. The van der Waals surface area contributed by atoms with E-state index in [-0.39, 0.29) is 17.9 Å².